The van der Waals surface area contributed by atoms with E-state index in [9.17, 15) is 8.42 Å². The van der Waals surface area contributed by atoms with Crippen LogP contribution >= 0.6 is 11.3 Å². The summed E-state index contributed by atoms with van der Waals surface area (Å²) in [4.78, 5) is 3.51. The predicted octanol–water partition coefficient (Wildman–Crippen LogP) is 1.10. The molecule has 1 atom stereocenters. The number of sulfonamides is 1. The van der Waals surface area contributed by atoms with E-state index in [0.29, 0.717) is 30.6 Å². The minimum absolute atomic E-state index is 0.316. The standard InChI is InChI=1S/C13H23N3O2S2/c1-10-9-19-12(7-14-2)13(10)20(17,18)16-6-5-11(8-16)15(3)4/h9,11,14H,5-8H2,1-4H3. The minimum Gasteiger partial charge on any atom is -0.315 e. The molecule has 2 rings (SSSR count). The summed E-state index contributed by atoms with van der Waals surface area (Å²) in [5.74, 6) is 0. The Bertz CT molecular complexity index is 566. The van der Waals surface area contributed by atoms with Gasteiger partial charge in [-0.1, -0.05) is 0 Å². The number of hydrogen-bond donors (Lipinski definition) is 1. The van der Waals surface area contributed by atoms with E-state index >= 15 is 0 Å². The van der Waals surface area contributed by atoms with Crippen molar-refractivity contribution in [2.24, 2.45) is 0 Å². The molecule has 0 bridgehead atoms. The van der Waals surface area contributed by atoms with Crippen LogP contribution in [-0.2, 0) is 16.6 Å². The van der Waals surface area contributed by atoms with Crippen molar-refractivity contribution in [2.75, 3.05) is 34.2 Å². The summed E-state index contributed by atoms with van der Waals surface area (Å²) in [7, 11) is 2.47. The topological polar surface area (TPSA) is 52.7 Å². The van der Waals surface area contributed by atoms with Gasteiger partial charge in [0.05, 0.1) is 0 Å². The van der Waals surface area contributed by atoms with E-state index in [1.807, 2.05) is 33.4 Å². The summed E-state index contributed by atoms with van der Waals surface area (Å²) in [6.07, 6.45) is 0.900. The van der Waals surface area contributed by atoms with Crippen LogP contribution in [0.2, 0.25) is 0 Å². The van der Waals surface area contributed by atoms with Crippen LogP contribution in [0, 0.1) is 6.92 Å². The van der Waals surface area contributed by atoms with Crippen molar-refractivity contribution in [1.29, 1.82) is 0 Å². The number of rotatable bonds is 5. The highest BCUT2D eigenvalue weighted by atomic mass is 32.2. The molecule has 1 saturated heterocycles. The summed E-state index contributed by atoms with van der Waals surface area (Å²) in [5.41, 5.74) is 0.855. The highest BCUT2D eigenvalue weighted by molar-refractivity contribution is 7.89. The molecule has 1 aliphatic heterocycles. The number of thiophene rings is 1. The van der Waals surface area contributed by atoms with Gasteiger partial charge in [-0.25, -0.2) is 8.42 Å². The maximum atomic E-state index is 12.9. The second-order valence-electron chi connectivity index (χ2n) is 5.47. The SMILES string of the molecule is CNCc1scc(C)c1S(=O)(=O)N1CCC(N(C)C)C1. The third kappa shape index (κ3) is 2.92. The van der Waals surface area contributed by atoms with Crippen molar-refractivity contribution < 1.29 is 8.42 Å². The van der Waals surface area contributed by atoms with Crippen molar-refractivity contribution >= 4 is 21.4 Å². The number of nitrogens with zero attached hydrogens (tertiary/aromatic N) is 2. The van der Waals surface area contributed by atoms with E-state index in [-0.39, 0.29) is 0 Å². The van der Waals surface area contributed by atoms with Crippen LogP contribution in [0.1, 0.15) is 16.9 Å². The summed E-state index contributed by atoms with van der Waals surface area (Å²) in [6, 6.07) is 0.316. The quantitative estimate of drug-likeness (QED) is 0.884. The highest BCUT2D eigenvalue weighted by Gasteiger charge is 2.35. The summed E-state index contributed by atoms with van der Waals surface area (Å²) in [6.45, 7) is 3.67. The molecule has 0 aromatic carbocycles. The van der Waals surface area contributed by atoms with Crippen LogP contribution in [0.4, 0.5) is 0 Å². The second kappa shape index (κ2) is 6.11. The third-order valence-electron chi connectivity index (χ3n) is 3.78. The molecule has 1 fully saturated rings. The first kappa shape index (κ1) is 15.9. The molecule has 2 heterocycles. The summed E-state index contributed by atoms with van der Waals surface area (Å²) < 4.78 is 27.4. The molecule has 0 aliphatic carbocycles. The average Bonchev–Trinajstić information content (AvgIpc) is 2.97. The zero-order valence-electron chi connectivity index (χ0n) is 12.5. The second-order valence-corrected chi connectivity index (χ2v) is 8.31. The van der Waals surface area contributed by atoms with Crippen molar-refractivity contribution in [1.82, 2.24) is 14.5 Å². The van der Waals surface area contributed by atoms with Crippen LogP contribution in [0.5, 0.6) is 0 Å². The van der Waals surface area contributed by atoms with Gasteiger partial charge >= 0.3 is 0 Å². The van der Waals surface area contributed by atoms with Crippen molar-refractivity contribution in [3.63, 3.8) is 0 Å². The maximum absolute atomic E-state index is 12.9. The molecular weight excluding hydrogens is 294 g/mol. The fraction of sp³-hybridized carbons (Fsp3) is 0.692. The van der Waals surface area contributed by atoms with Gasteiger partial charge in [0.1, 0.15) is 4.90 Å². The van der Waals surface area contributed by atoms with Gasteiger partial charge in [0.25, 0.3) is 0 Å². The third-order valence-corrected chi connectivity index (χ3v) is 7.11. The van der Waals surface area contributed by atoms with Gasteiger partial charge in [-0.2, -0.15) is 4.31 Å². The lowest BCUT2D eigenvalue weighted by atomic mass is 10.2. The van der Waals surface area contributed by atoms with Crippen molar-refractivity contribution in [3.05, 3.63) is 15.8 Å². The van der Waals surface area contributed by atoms with Crippen LogP contribution < -0.4 is 5.32 Å². The van der Waals surface area contributed by atoms with Crippen LogP contribution in [0.3, 0.4) is 0 Å². The summed E-state index contributed by atoms with van der Waals surface area (Å²) in [5, 5.41) is 4.98. The van der Waals surface area contributed by atoms with Gasteiger partial charge in [-0.15, -0.1) is 11.3 Å². The zero-order valence-corrected chi connectivity index (χ0v) is 14.1. The van der Waals surface area contributed by atoms with E-state index in [4.69, 9.17) is 0 Å². The Labute approximate surface area is 125 Å². The molecule has 114 valence electrons. The predicted molar refractivity (Wildman–Crippen MR) is 82.7 cm³/mol. The molecule has 1 unspecified atom stereocenters. The first-order chi connectivity index (χ1) is 9.37. The Morgan fingerprint density at radius 3 is 2.75 bits per heavy atom. The Kier molecular flexibility index (Phi) is 4.86. The molecule has 0 amide bonds. The molecule has 7 heteroatoms. The lowest BCUT2D eigenvalue weighted by Crippen LogP contribution is -2.35. The molecule has 5 nitrogen and oxygen atoms in total. The average molecular weight is 317 g/mol. The molecule has 1 aliphatic rings. The first-order valence-corrected chi connectivity index (χ1v) is 9.08. The lowest BCUT2D eigenvalue weighted by molar-refractivity contribution is 0.302. The normalized spacial score (nSPS) is 20.9. The lowest BCUT2D eigenvalue weighted by Gasteiger charge is -2.21. The molecule has 0 saturated carbocycles. The maximum Gasteiger partial charge on any atom is 0.244 e. The number of aryl methyl sites for hydroxylation is 1. The number of likely N-dealkylation sites (N-methyl/N-ethyl adjacent to an activating group) is 1. The largest absolute Gasteiger partial charge is 0.315 e. The fourth-order valence-electron chi connectivity index (χ4n) is 2.60. The first-order valence-electron chi connectivity index (χ1n) is 6.76. The Hall–Kier alpha value is -0.470. The number of hydrogen-bond acceptors (Lipinski definition) is 5. The van der Waals surface area contributed by atoms with Gasteiger partial charge in [-0.05, 0) is 45.4 Å². The molecule has 20 heavy (non-hydrogen) atoms. The van der Waals surface area contributed by atoms with E-state index in [1.54, 1.807) is 4.31 Å². The van der Waals surface area contributed by atoms with Crippen LogP contribution in [0.15, 0.2) is 10.3 Å². The van der Waals surface area contributed by atoms with Crippen molar-refractivity contribution in [2.45, 2.75) is 30.8 Å². The van der Waals surface area contributed by atoms with Crippen LogP contribution in [-0.4, -0.2) is 57.9 Å². The van der Waals surface area contributed by atoms with E-state index in [2.05, 4.69) is 10.2 Å². The van der Waals surface area contributed by atoms with Crippen LogP contribution in [0.25, 0.3) is 0 Å². The molecule has 1 aromatic rings. The smallest absolute Gasteiger partial charge is 0.244 e. The minimum atomic E-state index is -3.37. The zero-order chi connectivity index (χ0) is 14.9. The van der Waals surface area contributed by atoms with Gasteiger partial charge in [0.2, 0.25) is 10.0 Å². The van der Waals surface area contributed by atoms with Gasteiger partial charge in [-0.3, -0.25) is 0 Å². The highest BCUT2D eigenvalue weighted by Crippen LogP contribution is 2.31. The van der Waals surface area contributed by atoms with Gasteiger partial charge in [0.15, 0.2) is 0 Å². The number of nitrogens with one attached hydrogen (secondary N) is 1. The van der Waals surface area contributed by atoms with E-state index in [1.165, 1.54) is 11.3 Å². The van der Waals surface area contributed by atoms with E-state index < -0.39 is 10.0 Å². The molecule has 1 N–H and O–H groups in total. The Morgan fingerprint density at radius 1 is 1.50 bits per heavy atom. The Balaban J connectivity index is 2.30. The van der Waals surface area contributed by atoms with Gasteiger partial charge < -0.3 is 10.2 Å². The van der Waals surface area contributed by atoms with Gasteiger partial charge in [0, 0.05) is 30.6 Å². The Morgan fingerprint density at radius 2 is 2.20 bits per heavy atom. The molecule has 1 aromatic heterocycles. The fourth-order valence-corrected chi connectivity index (χ4v) is 5.86. The monoisotopic (exact) mass is 317 g/mol. The molecular formula is C13H23N3O2S2. The van der Waals surface area contributed by atoms with E-state index in [0.717, 1.165) is 16.9 Å². The van der Waals surface area contributed by atoms with Crippen molar-refractivity contribution in [3.8, 4) is 0 Å². The summed E-state index contributed by atoms with van der Waals surface area (Å²) >= 11 is 1.51. The molecule has 0 radical (unpaired) electrons. The molecule has 0 spiro atoms.